The summed E-state index contributed by atoms with van der Waals surface area (Å²) in [5, 5.41) is 9.26. The van der Waals surface area contributed by atoms with Gasteiger partial charge >= 0.3 is 7.82 Å². The molecule has 0 aliphatic carbocycles. The van der Waals surface area contributed by atoms with Crippen molar-refractivity contribution in [3.8, 4) is 0 Å². The predicted octanol–water partition coefficient (Wildman–Crippen LogP) is 0.176. The maximum Gasteiger partial charge on any atom is 0.472 e. The third kappa shape index (κ3) is 4.40. The number of hydrogen-bond acceptors (Lipinski definition) is 6. The van der Waals surface area contributed by atoms with Crippen LogP contribution >= 0.6 is 7.82 Å². The molecule has 2 heterocycles. The molecule has 0 amide bonds. The second kappa shape index (κ2) is 7.56. The molecule has 2 aliphatic heterocycles. The van der Waals surface area contributed by atoms with E-state index in [0.717, 1.165) is 0 Å². The van der Waals surface area contributed by atoms with Gasteiger partial charge in [0, 0.05) is 17.9 Å². The van der Waals surface area contributed by atoms with Crippen molar-refractivity contribution in [1.29, 1.82) is 0 Å². The molecule has 4 radical (unpaired) electrons. The van der Waals surface area contributed by atoms with Crippen LogP contribution in [0.25, 0.3) is 0 Å². The van der Waals surface area contributed by atoms with Gasteiger partial charge in [0.25, 0.3) is 0 Å². The molecule has 7 nitrogen and oxygen atoms in total. The minimum absolute atomic E-state index is 0.0948. The van der Waals surface area contributed by atoms with Crippen molar-refractivity contribution >= 4 is 23.5 Å². The molecule has 3 unspecified atom stereocenters. The molecule has 2 aliphatic rings. The fourth-order valence-corrected chi connectivity index (χ4v) is 3.90. The molecule has 0 aromatic rings. The fraction of sp³-hybridized carbons (Fsp3) is 1.00. The van der Waals surface area contributed by atoms with Gasteiger partial charge in [0.2, 0.25) is 0 Å². The molecule has 2 fully saturated rings. The van der Waals surface area contributed by atoms with Crippen molar-refractivity contribution in [2.24, 2.45) is 17.8 Å². The molecule has 0 aromatic carbocycles. The summed E-state index contributed by atoms with van der Waals surface area (Å²) in [6.07, 6.45) is -1.97. The maximum atomic E-state index is 12.2. The molecule has 9 atom stereocenters. The van der Waals surface area contributed by atoms with E-state index in [1.54, 1.807) is 6.92 Å². The van der Waals surface area contributed by atoms with Gasteiger partial charge in [0.05, 0.1) is 19.3 Å². The Labute approximate surface area is 139 Å². The number of phosphoric ester groups is 1. The molecule has 10 heteroatoms. The van der Waals surface area contributed by atoms with Gasteiger partial charge in [-0.2, -0.15) is 0 Å². The second-order valence-corrected chi connectivity index (χ2v) is 7.78. The highest BCUT2D eigenvalue weighted by atomic mass is 31.2. The van der Waals surface area contributed by atoms with Crippen LogP contribution in [0.1, 0.15) is 20.8 Å². The summed E-state index contributed by atoms with van der Waals surface area (Å²) >= 11 is 0. The van der Waals surface area contributed by atoms with Crippen molar-refractivity contribution in [1.82, 2.24) is 0 Å². The minimum atomic E-state index is -4.34. The molecule has 128 valence electrons. The predicted molar refractivity (Wildman–Crippen MR) is 84.1 cm³/mol. The van der Waals surface area contributed by atoms with Gasteiger partial charge in [-0.1, -0.05) is 20.8 Å². The topological polar surface area (TPSA) is 94.5 Å². The average Bonchev–Trinajstić information content (AvgIpc) is 2.89. The summed E-state index contributed by atoms with van der Waals surface area (Å²) in [5.74, 6) is -0.133. The summed E-state index contributed by atoms with van der Waals surface area (Å²) < 4.78 is 33.2. The Morgan fingerprint density at radius 2 is 1.61 bits per heavy atom. The van der Waals surface area contributed by atoms with E-state index in [2.05, 4.69) is 0 Å². The lowest BCUT2D eigenvalue weighted by Gasteiger charge is -2.24. The van der Waals surface area contributed by atoms with E-state index < -0.39 is 32.0 Å². The number of aliphatic hydroxyl groups excluding tert-OH is 1. The quantitative estimate of drug-likeness (QED) is 0.524. The first-order valence-electron chi connectivity index (χ1n) is 7.75. The van der Waals surface area contributed by atoms with Crippen LogP contribution < -0.4 is 0 Å². The van der Waals surface area contributed by atoms with E-state index in [-0.39, 0.29) is 37.1 Å². The normalized spacial score (nSPS) is 46.8. The first-order chi connectivity index (χ1) is 10.7. The van der Waals surface area contributed by atoms with Crippen molar-refractivity contribution in [3.05, 3.63) is 0 Å². The van der Waals surface area contributed by atoms with Crippen LogP contribution in [0.3, 0.4) is 0 Å². The Kier molecular flexibility index (Phi) is 6.39. The zero-order chi connectivity index (χ0) is 17.4. The summed E-state index contributed by atoms with van der Waals surface area (Å²) in [4.78, 5) is 9.92. The highest BCUT2D eigenvalue weighted by molar-refractivity contribution is 7.47. The Morgan fingerprint density at radius 3 is 2.13 bits per heavy atom. The summed E-state index contributed by atoms with van der Waals surface area (Å²) in [6.45, 7) is 5.15. The minimum Gasteiger partial charge on any atom is -0.394 e. The molecule has 0 saturated carbocycles. The lowest BCUT2D eigenvalue weighted by molar-refractivity contribution is -0.0176. The van der Waals surface area contributed by atoms with Crippen LogP contribution in [-0.2, 0) is 23.1 Å². The van der Waals surface area contributed by atoms with E-state index >= 15 is 0 Å². The molecule has 0 aromatic heterocycles. The van der Waals surface area contributed by atoms with Crippen molar-refractivity contribution < 1.29 is 33.1 Å². The first kappa shape index (κ1) is 19.4. The molecule has 0 spiro atoms. The lowest BCUT2D eigenvalue weighted by Crippen LogP contribution is -2.31. The highest BCUT2D eigenvalue weighted by Gasteiger charge is 2.44. The maximum absolute atomic E-state index is 12.2. The largest absolute Gasteiger partial charge is 0.472 e. The molecule has 2 saturated heterocycles. The van der Waals surface area contributed by atoms with Gasteiger partial charge in [-0.15, -0.1) is 0 Å². The van der Waals surface area contributed by atoms with Crippen LogP contribution in [-0.4, -0.2) is 69.2 Å². The fourth-order valence-electron chi connectivity index (χ4n) is 2.87. The zero-order valence-corrected chi connectivity index (χ0v) is 14.5. The Balaban J connectivity index is 1.91. The summed E-state index contributed by atoms with van der Waals surface area (Å²) in [7, 11) is 7.18. The number of rotatable bonds is 6. The summed E-state index contributed by atoms with van der Waals surface area (Å²) in [6, 6.07) is -1.09. The number of phosphoric acid groups is 1. The number of aliphatic hydroxyl groups is 1. The van der Waals surface area contributed by atoms with Gasteiger partial charge in [-0.25, -0.2) is 4.57 Å². The molecule has 0 bridgehead atoms. The van der Waals surface area contributed by atoms with Crippen LogP contribution in [0, 0.1) is 17.8 Å². The highest BCUT2D eigenvalue weighted by Crippen LogP contribution is 2.49. The van der Waals surface area contributed by atoms with Gasteiger partial charge in [-0.05, 0) is 11.8 Å². The third-order valence-corrected chi connectivity index (χ3v) is 5.82. The smallest absolute Gasteiger partial charge is 0.394 e. The van der Waals surface area contributed by atoms with Gasteiger partial charge in [0.1, 0.15) is 27.9 Å². The van der Waals surface area contributed by atoms with E-state index in [1.165, 1.54) is 0 Å². The van der Waals surface area contributed by atoms with Crippen molar-refractivity contribution in [3.63, 3.8) is 0 Å². The average molecular weight is 344 g/mol. The van der Waals surface area contributed by atoms with Crippen LogP contribution in [0.5, 0.6) is 0 Å². The molecule has 2 rings (SSSR count). The Hall–Kier alpha value is 0.120. The SMILES string of the molecule is [B][C@@H]1O[C@H](COP(=O)(O)OC2[C@@H](CO)O[C@@H]([B])[C@H]2C)C(C)[C@@H]1C. The van der Waals surface area contributed by atoms with Gasteiger partial charge in [0.15, 0.2) is 0 Å². The van der Waals surface area contributed by atoms with Crippen LogP contribution in [0.2, 0.25) is 0 Å². The zero-order valence-electron chi connectivity index (χ0n) is 13.6. The van der Waals surface area contributed by atoms with E-state index in [0.29, 0.717) is 0 Å². The van der Waals surface area contributed by atoms with Gasteiger partial charge < -0.3 is 19.5 Å². The molecular formula is C13H23B2O7P. The molecule has 2 N–H and O–H groups in total. The lowest BCUT2D eigenvalue weighted by atomic mass is 9.82. The van der Waals surface area contributed by atoms with E-state index in [1.807, 2.05) is 13.8 Å². The van der Waals surface area contributed by atoms with Crippen LogP contribution in [0.15, 0.2) is 0 Å². The van der Waals surface area contributed by atoms with E-state index in [4.69, 9.17) is 34.2 Å². The Morgan fingerprint density at radius 1 is 1.04 bits per heavy atom. The molecule has 23 heavy (non-hydrogen) atoms. The monoisotopic (exact) mass is 344 g/mol. The summed E-state index contributed by atoms with van der Waals surface area (Å²) in [5.41, 5.74) is 0. The standard InChI is InChI=1S/C13H23B2O7P/c1-6-7(2)12(14)21-10(6)5-19-23(17,18)22-11-8(3)13(15)20-9(11)4-16/h6-13,16H,4-5H2,1-3H3,(H,17,18)/t6?,7-,8-,9+,10+,11?,12+,13+/m0/s1. The number of hydrogen-bond donors (Lipinski definition) is 2. The first-order valence-corrected chi connectivity index (χ1v) is 9.24. The van der Waals surface area contributed by atoms with Crippen molar-refractivity contribution in [2.45, 2.75) is 51.1 Å². The van der Waals surface area contributed by atoms with Crippen molar-refractivity contribution in [2.75, 3.05) is 13.2 Å². The third-order valence-electron chi connectivity index (χ3n) is 4.84. The van der Waals surface area contributed by atoms with Crippen LogP contribution in [0.4, 0.5) is 0 Å². The van der Waals surface area contributed by atoms with E-state index in [9.17, 15) is 14.6 Å². The Bertz CT molecular complexity index is 454. The molecular weight excluding hydrogens is 321 g/mol. The number of ether oxygens (including phenoxy) is 2. The van der Waals surface area contributed by atoms with Gasteiger partial charge in [-0.3, -0.25) is 9.05 Å². The second-order valence-electron chi connectivity index (χ2n) is 6.37.